The molecule has 2 N–H and O–H groups in total. The largest absolute Gasteiger partial charge is 0.480 e. The van der Waals surface area contributed by atoms with Crippen molar-refractivity contribution in [3.63, 3.8) is 0 Å². The lowest BCUT2D eigenvalue weighted by atomic mass is 10.0. The molecule has 0 aliphatic carbocycles. The summed E-state index contributed by atoms with van der Waals surface area (Å²) in [6, 6.07) is -0.621. The van der Waals surface area contributed by atoms with Gasteiger partial charge in [-0.15, -0.1) is 0 Å². The predicted molar refractivity (Wildman–Crippen MR) is 209 cm³/mol. The Bertz CT molecular complexity index is 1300. The summed E-state index contributed by atoms with van der Waals surface area (Å²) < 4.78 is 82.3. The van der Waals surface area contributed by atoms with Gasteiger partial charge in [0.25, 0.3) is 0 Å². The van der Waals surface area contributed by atoms with Gasteiger partial charge in [-0.2, -0.15) is 8.78 Å². The minimum absolute atomic E-state index is 0.00779. The molecule has 0 bridgehead atoms. The zero-order valence-electron chi connectivity index (χ0n) is 35.5. The van der Waals surface area contributed by atoms with Gasteiger partial charge in [0.1, 0.15) is 12.1 Å². The first-order chi connectivity index (χ1) is 25.0. The highest BCUT2D eigenvalue weighted by molar-refractivity contribution is 6.76. The Balaban J connectivity index is -0.000000924. The van der Waals surface area contributed by atoms with Gasteiger partial charge in [-0.1, -0.05) is 87.2 Å². The molecule has 2 amide bonds. The quantitative estimate of drug-likeness (QED) is 0.0441. The maximum absolute atomic E-state index is 13.8. The number of aliphatic hydroxyl groups is 1. The van der Waals surface area contributed by atoms with Gasteiger partial charge in [-0.05, 0) is 43.7 Å². The molecule has 0 spiro atoms. The number of rotatable bonds is 15. The minimum atomic E-state index is -2.37. The molecule has 0 unspecified atom stereocenters. The van der Waals surface area contributed by atoms with Crippen LogP contribution in [0.15, 0.2) is 0 Å². The number of amides is 2. The average molecular weight is 835 g/mol. The number of aliphatic carboxylic acids is 1. The second-order valence-electron chi connectivity index (χ2n) is 16.0. The second-order valence-corrected chi connectivity index (χ2v) is 27.3. The van der Waals surface area contributed by atoms with Crippen LogP contribution in [0.25, 0.3) is 0 Å². The fraction of sp³-hybridized carbons (Fsp3) is 0.730. The second kappa shape index (κ2) is 27.4. The van der Waals surface area contributed by atoms with Crippen molar-refractivity contribution in [3.05, 3.63) is 29.1 Å². The summed E-state index contributed by atoms with van der Waals surface area (Å²) >= 11 is 0. The van der Waals surface area contributed by atoms with Crippen LogP contribution in [0.5, 0.6) is 5.75 Å². The standard InChI is InChI=1S/C19H26F5NO4Si.C13H27NO4Si.C3H8.C2H6O/c1-10(2)9-11(25(3)19(27)28-7-8-30(4,5)6)18(26)29-17-15(23)13(21)12(20)14(22)16(17)24;1-10(2)9-11(12(15)16)14(3)13(17)18-7-8-19(4,5)6;1-3-2;1-2-3/h10-11H,7-9H2,1-6H3;10-11H,7-9H2,1-6H3,(H,15,16);3H2,1-2H3;3H,2H2,1H3/t2*11-;;/m00../s1. The number of nitrogens with zero attached hydrogens (tertiary/aromatic N) is 2. The van der Waals surface area contributed by atoms with Crippen molar-refractivity contribution in [1.29, 1.82) is 0 Å². The molecule has 1 aromatic carbocycles. The lowest BCUT2D eigenvalue weighted by molar-refractivity contribution is -0.143. The first-order valence-corrected chi connectivity index (χ1v) is 25.8. The van der Waals surface area contributed by atoms with Crippen molar-refractivity contribution < 1.29 is 65.6 Å². The number of carbonyl (C=O) groups is 4. The first kappa shape index (κ1) is 56.1. The summed E-state index contributed by atoms with van der Waals surface area (Å²) in [5.74, 6) is -15.4. The molecule has 0 radical (unpaired) electrons. The molecule has 0 aliphatic heterocycles. The summed E-state index contributed by atoms with van der Waals surface area (Å²) in [5, 5.41) is 16.7. The summed E-state index contributed by atoms with van der Waals surface area (Å²) in [4.78, 5) is 49.8. The van der Waals surface area contributed by atoms with Crippen LogP contribution in [-0.4, -0.2) is 106 Å². The van der Waals surface area contributed by atoms with Crippen molar-refractivity contribution in [1.82, 2.24) is 9.80 Å². The van der Waals surface area contributed by atoms with E-state index in [0.717, 1.165) is 10.9 Å². The van der Waals surface area contributed by atoms with E-state index in [4.69, 9.17) is 19.7 Å². The third-order valence-corrected chi connectivity index (χ3v) is 10.4. The molecule has 0 saturated carbocycles. The fourth-order valence-corrected chi connectivity index (χ4v) is 5.35. The number of carboxylic acid groups (broad SMARTS) is 1. The number of halogens is 5. The van der Waals surface area contributed by atoms with Gasteiger partial charge in [0.2, 0.25) is 34.8 Å². The van der Waals surface area contributed by atoms with E-state index in [-0.39, 0.29) is 31.5 Å². The van der Waals surface area contributed by atoms with Crippen LogP contribution in [0.4, 0.5) is 31.5 Å². The van der Waals surface area contributed by atoms with Gasteiger partial charge < -0.3 is 24.4 Å². The van der Waals surface area contributed by atoms with Gasteiger partial charge in [0.05, 0.1) is 13.2 Å². The van der Waals surface area contributed by atoms with Gasteiger partial charge in [0, 0.05) is 36.8 Å². The molecule has 0 heterocycles. The van der Waals surface area contributed by atoms with E-state index in [2.05, 4.69) is 57.9 Å². The van der Waals surface area contributed by atoms with Crippen LogP contribution in [0, 0.1) is 40.9 Å². The molecule has 1 rings (SSSR count). The molecule has 18 heteroatoms. The number of hydrogen-bond donors (Lipinski definition) is 2. The van der Waals surface area contributed by atoms with E-state index in [1.165, 1.54) is 25.4 Å². The summed E-state index contributed by atoms with van der Waals surface area (Å²) in [5.41, 5.74) is 0. The van der Waals surface area contributed by atoms with Crippen molar-refractivity contribution in [2.45, 2.75) is 131 Å². The van der Waals surface area contributed by atoms with Crippen LogP contribution in [0.3, 0.4) is 0 Å². The Morgan fingerprint density at radius 1 is 0.636 bits per heavy atom. The number of likely N-dealkylation sites (N-methyl/N-ethyl adjacent to an activating group) is 2. The fourth-order valence-electron chi connectivity index (χ4n) is 3.92. The van der Waals surface area contributed by atoms with Gasteiger partial charge in [-0.25, -0.2) is 32.3 Å². The lowest BCUT2D eigenvalue weighted by Crippen LogP contribution is -2.45. The molecule has 2 atom stereocenters. The number of hydrogen-bond acceptors (Lipinski definition) is 8. The number of carboxylic acids is 1. The number of carbonyl (C=O) groups excluding carboxylic acids is 3. The molecular weight excluding hydrogens is 768 g/mol. The van der Waals surface area contributed by atoms with Crippen LogP contribution in [-0.2, 0) is 19.1 Å². The highest BCUT2D eigenvalue weighted by Gasteiger charge is 2.35. The molecule has 0 saturated heterocycles. The van der Waals surface area contributed by atoms with Crippen LogP contribution in [0.1, 0.15) is 67.7 Å². The molecule has 0 fully saturated rings. The van der Waals surface area contributed by atoms with Crippen molar-refractivity contribution >= 4 is 40.3 Å². The highest BCUT2D eigenvalue weighted by atomic mass is 28.3. The molecule has 0 aromatic heterocycles. The van der Waals surface area contributed by atoms with E-state index >= 15 is 0 Å². The van der Waals surface area contributed by atoms with Crippen LogP contribution in [0.2, 0.25) is 51.4 Å². The summed E-state index contributed by atoms with van der Waals surface area (Å²) in [7, 11) is -0.0215. The van der Waals surface area contributed by atoms with Gasteiger partial charge in [-0.3, -0.25) is 9.80 Å². The highest BCUT2D eigenvalue weighted by Crippen LogP contribution is 2.30. The zero-order valence-corrected chi connectivity index (χ0v) is 37.5. The monoisotopic (exact) mass is 834 g/mol. The third-order valence-electron chi connectivity index (χ3n) is 6.98. The van der Waals surface area contributed by atoms with Crippen molar-refractivity contribution in [2.75, 3.05) is 33.9 Å². The predicted octanol–water partition coefficient (Wildman–Crippen LogP) is 9.42. The molecule has 1 aromatic rings. The number of ether oxygens (including phenoxy) is 3. The van der Waals surface area contributed by atoms with Crippen LogP contribution >= 0.6 is 0 Å². The molecule has 322 valence electrons. The Labute approximate surface area is 326 Å². The summed E-state index contributed by atoms with van der Waals surface area (Å²) in [6.07, 6.45) is 0.266. The molecule has 55 heavy (non-hydrogen) atoms. The summed E-state index contributed by atoms with van der Waals surface area (Å²) in [6.45, 7) is 26.8. The molecular formula is C37H67F5N2O9Si2. The number of aliphatic hydroxyl groups excluding tert-OH is 1. The minimum Gasteiger partial charge on any atom is -0.480 e. The smallest absolute Gasteiger partial charge is 0.410 e. The first-order valence-electron chi connectivity index (χ1n) is 18.4. The van der Waals surface area contributed by atoms with E-state index in [1.807, 2.05) is 13.8 Å². The Hall–Kier alpha value is -3.26. The van der Waals surface area contributed by atoms with Crippen LogP contribution < -0.4 is 4.74 Å². The maximum atomic E-state index is 13.8. The Kier molecular flexibility index (Phi) is 27.9. The topological polar surface area (TPSA) is 143 Å². The number of benzene rings is 1. The van der Waals surface area contributed by atoms with E-state index < -0.39 is 87.2 Å². The SMILES string of the molecule is CC(C)C[C@@H](C(=O)O)N(C)C(=O)OCC[Si](C)(C)C.CC(C)C[C@@H](C(=O)Oc1c(F)c(F)c(F)c(F)c1F)N(C)C(=O)OCC[Si](C)(C)C.CCC.CCO. The molecule has 11 nitrogen and oxygen atoms in total. The zero-order chi connectivity index (χ0) is 44.0. The van der Waals surface area contributed by atoms with E-state index in [9.17, 15) is 41.1 Å². The third kappa shape index (κ3) is 24.1. The Morgan fingerprint density at radius 2 is 0.927 bits per heavy atom. The van der Waals surface area contributed by atoms with Crippen molar-refractivity contribution in [2.24, 2.45) is 11.8 Å². The van der Waals surface area contributed by atoms with Gasteiger partial charge >= 0.3 is 24.1 Å². The Morgan fingerprint density at radius 3 is 1.22 bits per heavy atom. The number of esters is 1. The lowest BCUT2D eigenvalue weighted by Gasteiger charge is -2.27. The average Bonchev–Trinajstić information content (AvgIpc) is 3.05. The van der Waals surface area contributed by atoms with Gasteiger partial charge in [0.15, 0.2) is 0 Å². The maximum Gasteiger partial charge on any atom is 0.410 e. The van der Waals surface area contributed by atoms with E-state index in [0.29, 0.717) is 19.1 Å². The van der Waals surface area contributed by atoms with Crippen molar-refractivity contribution in [3.8, 4) is 5.75 Å². The van der Waals surface area contributed by atoms with E-state index in [1.54, 1.807) is 20.8 Å². The molecule has 0 aliphatic rings. The normalized spacial score (nSPS) is 12.1.